The fourth-order valence-corrected chi connectivity index (χ4v) is 8.03. The lowest BCUT2D eigenvalue weighted by molar-refractivity contribution is 0.231. The number of furan rings is 2. The van der Waals surface area contributed by atoms with Crippen LogP contribution in [0.2, 0.25) is 0 Å². The molecule has 258 valence electrons. The van der Waals surface area contributed by atoms with Gasteiger partial charge in [-0.25, -0.2) is 9.36 Å². The van der Waals surface area contributed by atoms with Gasteiger partial charge in [-0.2, -0.15) is 0 Å². The summed E-state index contributed by atoms with van der Waals surface area (Å²) in [6, 6.07) is 25.3. The SMILES string of the molecule is CCCN(Cc1cn(C2CC(C)(C)Cc3oc(-c4ccccc4)cc32)nn1)Cc1cn(C2CC(C)(C)Cc3oc(-c4ccccc4)cc32)nn1. The summed E-state index contributed by atoms with van der Waals surface area (Å²) < 4.78 is 17.0. The van der Waals surface area contributed by atoms with Crippen LogP contribution in [-0.4, -0.2) is 41.4 Å². The van der Waals surface area contributed by atoms with Crippen LogP contribution in [0.1, 0.15) is 100 Å². The molecule has 9 nitrogen and oxygen atoms in total. The normalized spacial score (nSPS) is 19.4. The minimum Gasteiger partial charge on any atom is -0.461 e. The molecule has 0 aliphatic heterocycles. The second-order valence-electron chi connectivity index (χ2n) is 15.9. The van der Waals surface area contributed by atoms with Gasteiger partial charge in [-0.3, -0.25) is 4.90 Å². The molecule has 0 fully saturated rings. The van der Waals surface area contributed by atoms with Crippen LogP contribution in [0.3, 0.4) is 0 Å². The van der Waals surface area contributed by atoms with Crippen LogP contribution in [0.15, 0.2) is 94.0 Å². The zero-order valence-corrected chi connectivity index (χ0v) is 29.8. The van der Waals surface area contributed by atoms with Gasteiger partial charge >= 0.3 is 0 Å². The number of rotatable bonds is 10. The fourth-order valence-electron chi connectivity index (χ4n) is 8.03. The van der Waals surface area contributed by atoms with Gasteiger partial charge in [0.2, 0.25) is 0 Å². The second-order valence-corrected chi connectivity index (χ2v) is 15.9. The molecule has 50 heavy (non-hydrogen) atoms. The third kappa shape index (κ3) is 6.59. The summed E-state index contributed by atoms with van der Waals surface area (Å²) in [6.07, 6.45) is 9.04. The number of fused-ring (bicyclic) bond motifs is 2. The van der Waals surface area contributed by atoms with E-state index in [1.807, 2.05) is 12.1 Å². The monoisotopic (exact) mass is 669 g/mol. The van der Waals surface area contributed by atoms with E-state index in [2.05, 4.69) is 143 Å². The third-order valence-electron chi connectivity index (χ3n) is 10.4. The number of nitrogens with zero attached hydrogens (tertiary/aromatic N) is 7. The van der Waals surface area contributed by atoms with E-state index >= 15 is 0 Å². The number of aromatic nitrogens is 6. The van der Waals surface area contributed by atoms with E-state index in [0.29, 0.717) is 13.1 Å². The van der Waals surface area contributed by atoms with Crippen molar-refractivity contribution in [2.45, 2.75) is 91.9 Å². The minimum atomic E-state index is 0.0747. The van der Waals surface area contributed by atoms with Crippen LogP contribution in [0.25, 0.3) is 22.6 Å². The molecule has 6 aromatic rings. The first kappa shape index (κ1) is 32.4. The van der Waals surface area contributed by atoms with Crippen LogP contribution in [0.5, 0.6) is 0 Å². The Balaban J connectivity index is 1.00. The van der Waals surface area contributed by atoms with Gasteiger partial charge in [-0.05, 0) is 48.8 Å². The summed E-state index contributed by atoms with van der Waals surface area (Å²) >= 11 is 0. The molecule has 2 aromatic carbocycles. The largest absolute Gasteiger partial charge is 0.461 e. The Labute approximate surface area is 294 Å². The van der Waals surface area contributed by atoms with E-state index in [1.165, 1.54) is 11.1 Å². The van der Waals surface area contributed by atoms with E-state index in [0.717, 1.165) is 84.2 Å². The van der Waals surface area contributed by atoms with Gasteiger partial charge < -0.3 is 8.83 Å². The molecule has 4 aromatic heterocycles. The topological polar surface area (TPSA) is 90.9 Å². The Morgan fingerprint density at radius 3 is 1.54 bits per heavy atom. The lowest BCUT2D eigenvalue weighted by atomic mass is 9.75. The molecule has 0 saturated carbocycles. The van der Waals surface area contributed by atoms with Crippen molar-refractivity contribution < 1.29 is 8.83 Å². The molecule has 0 N–H and O–H groups in total. The molecule has 0 bridgehead atoms. The van der Waals surface area contributed by atoms with Crippen molar-refractivity contribution in [3.8, 4) is 22.6 Å². The van der Waals surface area contributed by atoms with Crippen LogP contribution < -0.4 is 0 Å². The molecule has 8 rings (SSSR count). The van der Waals surface area contributed by atoms with Crippen LogP contribution in [-0.2, 0) is 25.9 Å². The Kier molecular flexibility index (Phi) is 8.34. The molecular weight excluding hydrogens is 622 g/mol. The van der Waals surface area contributed by atoms with Crippen LogP contribution in [0, 0.1) is 10.8 Å². The molecule has 0 amide bonds. The van der Waals surface area contributed by atoms with Crippen molar-refractivity contribution in [2.24, 2.45) is 10.8 Å². The zero-order valence-electron chi connectivity index (χ0n) is 29.8. The van der Waals surface area contributed by atoms with Crippen LogP contribution in [0.4, 0.5) is 0 Å². The second kappa shape index (κ2) is 12.8. The molecule has 2 atom stereocenters. The quantitative estimate of drug-likeness (QED) is 0.144. The lowest BCUT2D eigenvalue weighted by Gasteiger charge is -2.34. The Bertz CT molecular complexity index is 1920. The molecule has 0 saturated heterocycles. The summed E-state index contributed by atoms with van der Waals surface area (Å²) in [7, 11) is 0. The Hall–Kier alpha value is -4.76. The minimum absolute atomic E-state index is 0.0747. The molecule has 4 heterocycles. The maximum Gasteiger partial charge on any atom is 0.134 e. The maximum absolute atomic E-state index is 6.46. The summed E-state index contributed by atoms with van der Waals surface area (Å²) in [6.45, 7) is 13.8. The predicted molar refractivity (Wildman–Crippen MR) is 193 cm³/mol. The van der Waals surface area contributed by atoms with Crippen molar-refractivity contribution in [3.05, 3.63) is 119 Å². The first-order valence-corrected chi connectivity index (χ1v) is 18.0. The molecule has 2 unspecified atom stereocenters. The molecule has 9 heteroatoms. The first-order chi connectivity index (χ1) is 24.1. The molecule has 2 aliphatic rings. The average Bonchev–Trinajstić information content (AvgIpc) is 3.91. The zero-order chi connectivity index (χ0) is 34.5. The van der Waals surface area contributed by atoms with Crippen molar-refractivity contribution in [3.63, 3.8) is 0 Å². The standard InChI is InChI=1S/C41H47N7O2/c1-6-17-46(24-30-26-47(44-42-30)34-20-40(2,3)22-38-32(34)18-36(49-38)28-13-9-7-10-14-28)25-31-27-48(45-43-31)35-21-41(4,5)23-39-33(35)19-37(50-39)29-15-11-8-12-16-29/h7-16,18-19,26-27,34-35H,6,17,20-25H2,1-5H3. The van der Waals surface area contributed by atoms with Gasteiger partial charge in [0, 0.05) is 48.2 Å². The first-order valence-electron chi connectivity index (χ1n) is 18.0. The van der Waals surface area contributed by atoms with Gasteiger partial charge in [0.25, 0.3) is 0 Å². The summed E-state index contributed by atoms with van der Waals surface area (Å²) in [5, 5.41) is 18.7. The predicted octanol–water partition coefficient (Wildman–Crippen LogP) is 8.93. The highest BCUT2D eigenvalue weighted by molar-refractivity contribution is 5.60. The van der Waals surface area contributed by atoms with E-state index in [4.69, 9.17) is 8.83 Å². The van der Waals surface area contributed by atoms with E-state index in [1.54, 1.807) is 0 Å². The van der Waals surface area contributed by atoms with Gasteiger partial charge in [-0.15, -0.1) is 10.2 Å². The van der Waals surface area contributed by atoms with Gasteiger partial charge in [0.1, 0.15) is 23.0 Å². The Morgan fingerprint density at radius 2 is 1.12 bits per heavy atom. The molecule has 0 spiro atoms. The number of hydrogen-bond donors (Lipinski definition) is 0. The van der Waals surface area contributed by atoms with E-state index < -0.39 is 0 Å². The fraction of sp³-hybridized carbons (Fsp3) is 0.415. The highest BCUT2D eigenvalue weighted by atomic mass is 16.3. The van der Waals surface area contributed by atoms with Crippen molar-refractivity contribution in [1.82, 2.24) is 34.9 Å². The van der Waals surface area contributed by atoms with E-state index in [-0.39, 0.29) is 22.9 Å². The van der Waals surface area contributed by atoms with Gasteiger partial charge in [-0.1, -0.05) is 106 Å². The van der Waals surface area contributed by atoms with Gasteiger partial charge in [0.05, 0.1) is 35.9 Å². The molecule has 2 aliphatic carbocycles. The summed E-state index contributed by atoms with van der Waals surface area (Å²) in [5.41, 5.74) is 6.69. The molecule has 0 radical (unpaired) electrons. The van der Waals surface area contributed by atoms with Crippen molar-refractivity contribution in [2.75, 3.05) is 6.54 Å². The van der Waals surface area contributed by atoms with Crippen LogP contribution >= 0.6 is 0 Å². The number of benzene rings is 2. The van der Waals surface area contributed by atoms with Crippen molar-refractivity contribution >= 4 is 0 Å². The Morgan fingerprint density at radius 1 is 0.680 bits per heavy atom. The number of hydrogen-bond acceptors (Lipinski definition) is 7. The smallest absolute Gasteiger partial charge is 0.134 e. The molecular formula is C41H47N7O2. The third-order valence-corrected chi connectivity index (χ3v) is 10.4. The van der Waals surface area contributed by atoms with Gasteiger partial charge in [0.15, 0.2) is 0 Å². The lowest BCUT2D eigenvalue weighted by Crippen LogP contribution is -2.28. The highest BCUT2D eigenvalue weighted by Crippen LogP contribution is 2.46. The van der Waals surface area contributed by atoms with E-state index in [9.17, 15) is 0 Å². The highest BCUT2D eigenvalue weighted by Gasteiger charge is 2.38. The van der Waals surface area contributed by atoms with Crippen molar-refractivity contribution in [1.29, 1.82) is 0 Å². The maximum atomic E-state index is 6.46. The average molecular weight is 670 g/mol. The summed E-state index contributed by atoms with van der Waals surface area (Å²) in [4.78, 5) is 2.39. The summed E-state index contributed by atoms with van der Waals surface area (Å²) in [5.74, 6) is 3.94.